The molecule has 0 bridgehead atoms. The highest BCUT2D eigenvalue weighted by Crippen LogP contribution is 2.12. The molecule has 1 aromatic rings. The SMILES string of the molecule is CC(N=O)C(=O)c1ccc(F)cc1F. The molecule has 1 atom stereocenters. The van der Waals surface area contributed by atoms with Crippen molar-refractivity contribution in [2.24, 2.45) is 5.18 Å². The third-order valence-corrected chi connectivity index (χ3v) is 1.73. The van der Waals surface area contributed by atoms with Crippen molar-refractivity contribution in [2.45, 2.75) is 13.0 Å². The van der Waals surface area contributed by atoms with E-state index in [4.69, 9.17) is 0 Å². The number of hydrogen-bond acceptors (Lipinski definition) is 3. The van der Waals surface area contributed by atoms with Gasteiger partial charge in [-0.15, -0.1) is 0 Å². The minimum atomic E-state index is -1.16. The first kappa shape index (κ1) is 10.4. The number of carbonyl (C=O) groups excluding carboxylic acids is 1. The first-order chi connectivity index (χ1) is 6.56. The minimum Gasteiger partial charge on any atom is -0.292 e. The molecule has 0 radical (unpaired) electrons. The fourth-order valence-electron chi connectivity index (χ4n) is 0.962. The lowest BCUT2D eigenvalue weighted by Gasteiger charge is -2.03. The van der Waals surface area contributed by atoms with Gasteiger partial charge in [-0.2, -0.15) is 4.91 Å². The van der Waals surface area contributed by atoms with Crippen LogP contribution in [0.3, 0.4) is 0 Å². The van der Waals surface area contributed by atoms with Crippen molar-refractivity contribution in [3.63, 3.8) is 0 Å². The van der Waals surface area contributed by atoms with Gasteiger partial charge in [0.2, 0.25) is 0 Å². The molecule has 0 saturated carbocycles. The second kappa shape index (κ2) is 4.04. The highest BCUT2D eigenvalue weighted by Gasteiger charge is 2.19. The summed E-state index contributed by atoms with van der Waals surface area (Å²) in [4.78, 5) is 21.3. The summed E-state index contributed by atoms with van der Waals surface area (Å²) in [5, 5.41) is 2.47. The Hall–Kier alpha value is -1.65. The van der Waals surface area contributed by atoms with E-state index in [2.05, 4.69) is 5.18 Å². The number of hydrogen-bond donors (Lipinski definition) is 0. The molecule has 14 heavy (non-hydrogen) atoms. The molecular weight excluding hydrogens is 192 g/mol. The maximum atomic E-state index is 13.0. The summed E-state index contributed by atoms with van der Waals surface area (Å²) in [6.45, 7) is 1.25. The van der Waals surface area contributed by atoms with Crippen molar-refractivity contribution in [2.75, 3.05) is 0 Å². The Bertz CT molecular complexity index is 379. The Morgan fingerprint density at radius 3 is 2.57 bits per heavy atom. The lowest BCUT2D eigenvalue weighted by Crippen LogP contribution is -2.15. The number of Topliss-reactive ketones (excluding diaryl/α,β-unsaturated/α-hetero) is 1. The summed E-state index contributed by atoms with van der Waals surface area (Å²) in [7, 11) is 0. The van der Waals surface area contributed by atoms with Crippen molar-refractivity contribution >= 4 is 5.78 Å². The fourth-order valence-corrected chi connectivity index (χ4v) is 0.962. The zero-order valence-electron chi connectivity index (χ0n) is 7.33. The third-order valence-electron chi connectivity index (χ3n) is 1.73. The Kier molecular flexibility index (Phi) is 3.01. The Balaban J connectivity index is 3.07. The van der Waals surface area contributed by atoms with Gasteiger partial charge < -0.3 is 0 Å². The van der Waals surface area contributed by atoms with Gasteiger partial charge in [-0.25, -0.2) is 8.78 Å². The van der Waals surface area contributed by atoms with Crippen LogP contribution in [0.4, 0.5) is 8.78 Å². The van der Waals surface area contributed by atoms with E-state index in [1.807, 2.05) is 0 Å². The van der Waals surface area contributed by atoms with E-state index in [0.29, 0.717) is 6.07 Å². The van der Waals surface area contributed by atoms with Crippen molar-refractivity contribution in [3.05, 3.63) is 40.3 Å². The van der Waals surface area contributed by atoms with Crippen LogP contribution in [-0.4, -0.2) is 11.8 Å². The lowest BCUT2D eigenvalue weighted by atomic mass is 10.1. The van der Waals surface area contributed by atoms with Gasteiger partial charge in [-0.05, 0) is 19.1 Å². The topological polar surface area (TPSA) is 46.5 Å². The zero-order valence-corrected chi connectivity index (χ0v) is 7.33. The number of nitrogens with zero attached hydrogens (tertiary/aromatic N) is 1. The third kappa shape index (κ3) is 1.99. The van der Waals surface area contributed by atoms with Crippen LogP contribution in [0.15, 0.2) is 23.4 Å². The first-order valence-electron chi connectivity index (χ1n) is 3.88. The predicted octanol–water partition coefficient (Wildman–Crippen LogP) is 2.30. The van der Waals surface area contributed by atoms with Crippen LogP contribution in [0.1, 0.15) is 17.3 Å². The van der Waals surface area contributed by atoms with Gasteiger partial charge in [0, 0.05) is 6.07 Å². The average molecular weight is 199 g/mol. The predicted molar refractivity (Wildman–Crippen MR) is 45.9 cm³/mol. The summed E-state index contributed by atoms with van der Waals surface area (Å²) >= 11 is 0. The molecule has 1 rings (SSSR count). The summed E-state index contributed by atoms with van der Waals surface area (Å²) in [6, 6.07) is 1.38. The molecule has 0 heterocycles. The molecule has 0 aliphatic carbocycles. The highest BCUT2D eigenvalue weighted by molar-refractivity contribution is 6.00. The van der Waals surface area contributed by atoms with Crippen molar-refractivity contribution in [3.8, 4) is 0 Å². The van der Waals surface area contributed by atoms with E-state index in [-0.39, 0.29) is 5.56 Å². The van der Waals surface area contributed by atoms with Gasteiger partial charge in [0.25, 0.3) is 0 Å². The van der Waals surface area contributed by atoms with Crippen LogP contribution in [0, 0.1) is 16.5 Å². The van der Waals surface area contributed by atoms with Gasteiger partial charge in [0.15, 0.2) is 11.8 Å². The van der Waals surface area contributed by atoms with Gasteiger partial charge >= 0.3 is 0 Å². The maximum absolute atomic E-state index is 13.0. The number of halogens is 2. The van der Waals surface area contributed by atoms with Crippen LogP contribution in [0.25, 0.3) is 0 Å². The molecule has 0 amide bonds. The van der Waals surface area contributed by atoms with Crippen LogP contribution < -0.4 is 0 Å². The number of benzene rings is 1. The van der Waals surface area contributed by atoms with E-state index in [1.54, 1.807) is 0 Å². The van der Waals surface area contributed by atoms with Gasteiger partial charge in [0.05, 0.1) is 5.56 Å². The van der Waals surface area contributed by atoms with Crippen molar-refractivity contribution in [1.82, 2.24) is 0 Å². The van der Waals surface area contributed by atoms with Crippen molar-refractivity contribution < 1.29 is 13.6 Å². The zero-order chi connectivity index (χ0) is 10.7. The Morgan fingerprint density at radius 1 is 1.43 bits per heavy atom. The summed E-state index contributed by atoms with van der Waals surface area (Å²) in [5.74, 6) is -2.51. The minimum absolute atomic E-state index is 0.321. The number of nitroso groups, excluding NO2 is 1. The van der Waals surface area contributed by atoms with Crippen molar-refractivity contribution in [1.29, 1.82) is 0 Å². The van der Waals surface area contributed by atoms with Gasteiger partial charge in [0.1, 0.15) is 11.6 Å². The molecule has 0 aliphatic heterocycles. The monoisotopic (exact) mass is 199 g/mol. The second-order valence-electron chi connectivity index (χ2n) is 2.77. The number of carbonyl (C=O) groups is 1. The second-order valence-corrected chi connectivity index (χ2v) is 2.77. The van der Waals surface area contributed by atoms with E-state index >= 15 is 0 Å². The molecule has 0 fully saturated rings. The molecular formula is C9H7F2NO2. The number of rotatable bonds is 3. The Morgan fingerprint density at radius 2 is 2.07 bits per heavy atom. The molecule has 1 unspecified atom stereocenters. The quantitative estimate of drug-likeness (QED) is 0.553. The molecule has 0 aromatic heterocycles. The van der Waals surface area contributed by atoms with Gasteiger partial charge in [-0.3, -0.25) is 4.79 Å². The molecule has 0 aliphatic rings. The molecule has 0 saturated heterocycles. The molecule has 1 aromatic carbocycles. The molecule has 0 N–H and O–H groups in total. The van der Waals surface area contributed by atoms with E-state index in [0.717, 1.165) is 12.1 Å². The lowest BCUT2D eigenvalue weighted by molar-refractivity contribution is 0.0964. The molecule has 5 heteroatoms. The van der Waals surface area contributed by atoms with Crippen LogP contribution in [0.2, 0.25) is 0 Å². The summed E-state index contributed by atoms with van der Waals surface area (Å²) in [5.41, 5.74) is -0.321. The summed E-state index contributed by atoms with van der Waals surface area (Å²) in [6.07, 6.45) is 0. The number of ketones is 1. The van der Waals surface area contributed by atoms with Gasteiger partial charge in [-0.1, -0.05) is 5.18 Å². The molecule has 3 nitrogen and oxygen atoms in total. The highest BCUT2D eigenvalue weighted by atomic mass is 19.1. The van der Waals surface area contributed by atoms with E-state index < -0.39 is 23.5 Å². The van der Waals surface area contributed by atoms with Crippen LogP contribution in [-0.2, 0) is 0 Å². The summed E-state index contributed by atoms with van der Waals surface area (Å²) < 4.78 is 25.5. The maximum Gasteiger partial charge on any atom is 0.193 e. The molecule has 74 valence electrons. The average Bonchev–Trinajstić information content (AvgIpc) is 2.15. The van der Waals surface area contributed by atoms with E-state index in [1.165, 1.54) is 6.92 Å². The Labute approximate surface area is 78.7 Å². The largest absolute Gasteiger partial charge is 0.292 e. The molecule has 0 spiro atoms. The standard InChI is InChI=1S/C9H7F2NO2/c1-5(12-14)9(13)7-3-2-6(10)4-8(7)11/h2-5H,1H3. The smallest absolute Gasteiger partial charge is 0.193 e. The van der Waals surface area contributed by atoms with Crippen LogP contribution in [0.5, 0.6) is 0 Å². The normalized spacial score (nSPS) is 12.2. The fraction of sp³-hybridized carbons (Fsp3) is 0.222. The van der Waals surface area contributed by atoms with E-state index in [9.17, 15) is 18.5 Å². The first-order valence-corrected chi connectivity index (χ1v) is 3.88. The van der Waals surface area contributed by atoms with Crippen LogP contribution >= 0.6 is 0 Å².